The van der Waals surface area contributed by atoms with Gasteiger partial charge >= 0.3 is 6.03 Å². The van der Waals surface area contributed by atoms with Gasteiger partial charge in [0.25, 0.3) is 0 Å². The molecule has 150 valence electrons. The Bertz CT molecular complexity index is 1010. The summed E-state index contributed by atoms with van der Waals surface area (Å²) in [4.78, 5) is 30.0. The number of hydrogen-bond donors (Lipinski definition) is 3. The number of anilines is 1. The standard InChI is InChI=1S/C22H24N4O2S/c1-4-16-12-8-9-14(2)20(16)24-22(28)26-25-19(27)13-18-15(3)29-21(23-18)17-10-6-5-7-11-17/h5-12H,4,13H2,1-3H3,(H,25,27)(H2,24,26,28). The van der Waals surface area contributed by atoms with Gasteiger partial charge in [0.15, 0.2) is 0 Å². The lowest BCUT2D eigenvalue weighted by atomic mass is 10.1. The van der Waals surface area contributed by atoms with Gasteiger partial charge in [-0.05, 0) is 31.4 Å². The molecule has 29 heavy (non-hydrogen) atoms. The van der Waals surface area contributed by atoms with Crippen molar-refractivity contribution in [2.75, 3.05) is 5.32 Å². The van der Waals surface area contributed by atoms with E-state index >= 15 is 0 Å². The second-order valence-electron chi connectivity index (χ2n) is 6.65. The predicted molar refractivity (Wildman–Crippen MR) is 117 cm³/mol. The van der Waals surface area contributed by atoms with E-state index < -0.39 is 6.03 Å². The van der Waals surface area contributed by atoms with Crippen LogP contribution in [0.5, 0.6) is 0 Å². The molecular weight excluding hydrogens is 384 g/mol. The Morgan fingerprint density at radius 1 is 1.00 bits per heavy atom. The van der Waals surface area contributed by atoms with Crippen molar-refractivity contribution in [2.45, 2.75) is 33.6 Å². The van der Waals surface area contributed by atoms with Gasteiger partial charge in [-0.25, -0.2) is 15.2 Å². The molecule has 7 heteroatoms. The molecule has 0 fully saturated rings. The molecule has 3 N–H and O–H groups in total. The summed E-state index contributed by atoms with van der Waals surface area (Å²) >= 11 is 1.55. The van der Waals surface area contributed by atoms with Crippen molar-refractivity contribution in [3.8, 4) is 10.6 Å². The number of aryl methyl sites for hydroxylation is 3. The minimum Gasteiger partial charge on any atom is -0.306 e. The summed E-state index contributed by atoms with van der Waals surface area (Å²) in [7, 11) is 0. The van der Waals surface area contributed by atoms with E-state index in [1.165, 1.54) is 0 Å². The quantitative estimate of drug-likeness (QED) is 0.548. The summed E-state index contributed by atoms with van der Waals surface area (Å²) < 4.78 is 0. The summed E-state index contributed by atoms with van der Waals surface area (Å²) in [6.45, 7) is 5.90. The minimum absolute atomic E-state index is 0.0972. The number of nitrogens with one attached hydrogen (secondary N) is 3. The van der Waals surface area contributed by atoms with Gasteiger partial charge in [-0.1, -0.05) is 55.5 Å². The maximum absolute atomic E-state index is 12.3. The average molecular weight is 409 g/mol. The highest BCUT2D eigenvalue weighted by atomic mass is 32.1. The lowest BCUT2D eigenvalue weighted by Gasteiger charge is -2.14. The van der Waals surface area contributed by atoms with E-state index in [4.69, 9.17) is 0 Å². The van der Waals surface area contributed by atoms with Crippen LogP contribution in [0.4, 0.5) is 10.5 Å². The van der Waals surface area contributed by atoms with Crippen molar-refractivity contribution in [1.82, 2.24) is 15.8 Å². The topological polar surface area (TPSA) is 83.1 Å². The average Bonchev–Trinajstić information content (AvgIpc) is 3.09. The molecule has 0 aliphatic carbocycles. The first-order chi connectivity index (χ1) is 14.0. The highest BCUT2D eigenvalue weighted by Gasteiger charge is 2.14. The third-order valence-corrected chi connectivity index (χ3v) is 5.60. The fraction of sp³-hybridized carbons (Fsp3) is 0.227. The molecule has 0 atom stereocenters. The van der Waals surface area contributed by atoms with E-state index in [0.717, 1.165) is 38.7 Å². The van der Waals surface area contributed by atoms with Crippen molar-refractivity contribution < 1.29 is 9.59 Å². The van der Waals surface area contributed by atoms with Crippen molar-refractivity contribution in [2.24, 2.45) is 0 Å². The zero-order chi connectivity index (χ0) is 20.8. The van der Waals surface area contributed by atoms with Crippen LogP contribution in [-0.4, -0.2) is 16.9 Å². The third-order valence-electron chi connectivity index (χ3n) is 4.54. The number of rotatable bonds is 5. The number of carbonyl (C=O) groups is 2. The number of aromatic nitrogens is 1. The number of nitrogens with zero attached hydrogens (tertiary/aromatic N) is 1. The smallest absolute Gasteiger partial charge is 0.306 e. The Hall–Kier alpha value is -3.19. The van der Waals surface area contributed by atoms with E-state index in [1.807, 2.05) is 69.3 Å². The molecule has 0 aliphatic heterocycles. The number of carbonyl (C=O) groups excluding carboxylic acids is 2. The summed E-state index contributed by atoms with van der Waals surface area (Å²) in [5, 5.41) is 3.69. The van der Waals surface area contributed by atoms with Crippen LogP contribution in [0.3, 0.4) is 0 Å². The van der Waals surface area contributed by atoms with Gasteiger partial charge in [-0.2, -0.15) is 0 Å². The molecule has 2 aromatic carbocycles. The molecule has 0 saturated heterocycles. The Kier molecular flexibility index (Phi) is 6.61. The van der Waals surface area contributed by atoms with Crippen LogP contribution in [-0.2, 0) is 17.6 Å². The van der Waals surface area contributed by atoms with E-state index in [9.17, 15) is 9.59 Å². The van der Waals surface area contributed by atoms with Crippen LogP contribution in [0.1, 0.15) is 28.6 Å². The van der Waals surface area contributed by atoms with Crippen LogP contribution >= 0.6 is 11.3 Å². The van der Waals surface area contributed by atoms with Gasteiger partial charge in [0.05, 0.1) is 12.1 Å². The molecular formula is C22H24N4O2S. The minimum atomic E-state index is -0.484. The molecule has 1 aromatic heterocycles. The zero-order valence-electron chi connectivity index (χ0n) is 16.7. The lowest BCUT2D eigenvalue weighted by molar-refractivity contribution is -0.121. The number of para-hydroxylation sites is 1. The Morgan fingerprint density at radius 3 is 2.48 bits per heavy atom. The van der Waals surface area contributed by atoms with Gasteiger partial charge in [0.1, 0.15) is 5.01 Å². The van der Waals surface area contributed by atoms with Crippen LogP contribution in [0.25, 0.3) is 10.6 Å². The SMILES string of the molecule is CCc1cccc(C)c1NC(=O)NNC(=O)Cc1nc(-c2ccccc2)sc1C. The first-order valence-electron chi connectivity index (χ1n) is 9.44. The van der Waals surface area contributed by atoms with Crippen molar-refractivity contribution in [3.05, 3.63) is 70.2 Å². The number of amides is 3. The highest BCUT2D eigenvalue weighted by molar-refractivity contribution is 7.15. The van der Waals surface area contributed by atoms with Crippen LogP contribution in [0, 0.1) is 13.8 Å². The van der Waals surface area contributed by atoms with Gasteiger partial charge < -0.3 is 5.32 Å². The first kappa shape index (κ1) is 20.5. The van der Waals surface area contributed by atoms with Gasteiger partial charge in [0, 0.05) is 16.1 Å². The second-order valence-corrected chi connectivity index (χ2v) is 7.86. The fourth-order valence-electron chi connectivity index (χ4n) is 2.97. The predicted octanol–water partition coefficient (Wildman–Crippen LogP) is 4.38. The first-order valence-corrected chi connectivity index (χ1v) is 10.3. The molecule has 0 unspecified atom stereocenters. The van der Waals surface area contributed by atoms with Crippen molar-refractivity contribution >= 4 is 29.0 Å². The molecule has 0 saturated carbocycles. The number of hydrogen-bond acceptors (Lipinski definition) is 4. The Morgan fingerprint density at radius 2 is 1.76 bits per heavy atom. The molecule has 0 radical (unpaired) electrons. The second kappa shape index (κ2) is 9.34. The molecule has 6 nitrogen and oxygen atoms in total. The number of thiazole rings is 1. The number of benzene rings is 2. The van der Waals surface area contributed by atoms with Crippen LogP contribution < -0.4 is 16.2 Å². The van der Waals surface area contributed by atoms with E-state index in [2.05, 4.69) is 21.2 Å². The normalized spacial score (nSPS) is 10.4. The molecule has 3 rings (SSSR count). The van der Waals surface area contributed by atoms with Gasteiger partial charge in [-0.3, -0.25) is 10.2 Å². The fourth-order valence-corrected chi connectivity index (χ4v) is 3.90. The van der Waals surface area contributed by atoms with E-state index in [1.54, 1.807) is 11.3 Å². The number of urea groups is 1. The largest absolute Gasteiger partial charge is 0.337 e. The van der Waals surface area contributed by atoms with E-state index in [0.29, 0.717) is 5.69 Å². The Labute approximate surface area is 174 Å². The summed E-state index contributed by atoms with van der Waals surface area (Å²) in [6.07, 6.45) is 0.899. The monoisotopic (exact) mass is 408 g/mol. The van der Waals surface area contributed by atoms with Crippen LogP contribution in [0.2, 0.25) is 0 Å². The number of hydrazine groups is 1. The molecule has 0 bridgehead atoms. The molecule has 0 aliphatic rings. The van der Waals surface area contributed by atoms with Crippen molar-refractivity contribution in [3.63, 3.8) is 0 Å². The summed E-state index contributed by atoms with van der Waals surface area (Å²) in [5.41, 5.74) is 9.37. The molecule has 3 aromatic rings. The Balaban J connectivity index is 1.57. The molecule has 1 heterocycles. The summed E-state index contributed by atoms with van der Waals surface area (Å²) in [5.74, 6) is -0.325. The maximum Gasteiger partial charge on any atom is 0.337 e. The third kappa shape index (κ3) is 5.20. The van der Waals surface area contributed by atoms with Crippen molar-refractivity contribution in [1.29, 1.82) is 0 Å². The van der Waals surface area contributed by atoms with E-state index in [-0.39, 0.29) is 12.3 Å². The van der Waals surface area contributed by atoms with Gasteiger partial charge in [-0.15, -0.1) is 11.3 Å². The molecule has 3 amide bonds. The summed E-state index contributed by atoms with van der Waals surface area (Å²) in [6, 6.07) is 15.2. The lowest BCUT2D eigenvalue weighted by Crippen LogP contribution is -2.44. The highest BCUT2D eigenvalue weighted by Crippen LogP contribution is 2.27. The molecule has 0 spiro atoms. The van der Waals surface area contributed by atoms with Crippen LogP contribution in [0.15, 0.2) is 48.5 Å². The zero-order valence-corrected chi connectivity index (χ0v) is 17.5. The van der Waals surface area contributed by atoms with Gasteiger partial charge in [0.2, 0.25) is 5.91 Å². The maximum atomic E-state index is 12.3.